The molecule has 1 aromatic carbocycles. The summed E-state index contributed by atoms with van der Waals surface area (Å²) in [7, 11) is 0. The number of hydrogen-bond acceptors (Lipinski definition) is 0. The number of nitrogens with zero attached hydrogens (tertiary/aromatic N) is 2. The van der Waals surface area contributed by atoms with Crippen molar-refractivity contribution in [1.82, 2.24) is 4.57 Å². The maximum Gasteiger partial charge on any atom is 0.253 e. The quantitative estimate of drug-likeness (QED) is 0.713. The van der Waals surface area contributed by atoms with E-state index in [1.54, 1.807) is 0 Å². The highest BCUT2D eigenvalue weighted by Gasteiger charge is 2.13. The number of hydrogen-bond donors (Lipinski definition) is 0. The van der Waals surface area contributed by atoms with Crippen LogP contribution in [0, 0.1) is 6.92 Å². The number of aryl methyl sites for hydroxylation is 2. The van der Waals surface area contributed by atoms with Crippen LogP contribution < -0.4 is 4.57 Å². The number of aromatic nitrogens is 2. The highest BCUT2D eigenvalue weighted by atomic mass is 15.2. The molecule has 2 rings (SSSR count). The van der Waals surface area contributed by atoms with E-state index in [4.69, 9.17) is 0 Å². The maximum absolute atomic E-state index is 2.35. The standard InChI is InChI=1S/C16H23N2/c1-14(2)18-13-12-17(15(18)3)11-7-10-16-8-5-4-6-9-16/h4-6,8-9,12-14H,7,10-11H2,1-3H3/q+1. The first kappa shape index (κ1) is 12.9. The smallest absolute Gasteiger partial charge is 0.234 e. The first-order valence-electron chi connectivity index (χ1n) is 6.79. The van der Waals surface area contributed by atoms with Gasteiger partial charge in [0, 0.05) is 6.92 Å². The highest BCUT2D eigenvalue weighted by molar-refractivity contribution is 5.14. The topological polar surface area (TPSA) is 8.81 Å². The Morgan fingerprint density at radius 2 is 1.89 bits per heavy atom. The molecule has 0 unspecified atom stereocenters. The van der Waals surface area contributed by atoms with Crippen LogP contribution in [0.2, 0.25) is 0 Å². The summed E-state index contributed by atoms with van der Waals surface area (Å²) in [6.07, 6.45) is 6.72. The zero-order valence-electron chi connectivity index (χ0n) is 11.6. The van der Waals surface area contributed by atoms with Gasteiger partial charge in [-0.2, -0.15) is 0 Å². The Balaban J connectivity index is 1.91. The van der Waals surface area contributed by atoms with Gasteiger partial charge in [-0.15, -0.1) is 0 Å². The van der Waals surface area contributed by atoms with Gasteiger partial charge in [0.2, 0.25) is 0 Å². The molecule has 2 nitrogen and oxygen atoms in total. The molecule has 18 heavy (non-hydrogen) atoms. The van der Waals surface area contributed by atoms with Gasteiger partial charge < -0.3 is 0 Å². The zero-order chi connectivity index (χ0) is 13.0. The van der Waals surface area contributed by atoms with E-state index in [9.17, 15) is 0 Å². The number of rotatable bonds is 5. The largest absolute Gasteiger partial charge is 0.253 e. The molecule has 96 valence electrons. The van der Waals surface area contributed by atoms with Gasteiger partial charge in [-0.3, -0.25) is 0 Å². The molecule has 0 saturated heterocycles. The first-order chi connectivity index (χ1) is 8.68. The summed E-state index contributed by atoms with van der Waals surface area (Å²) >= 11 is 0. The van der Waals surface area contributed by atoms with E-state index >= 15 is 0 Å². The van der Waals surface area contributed by atoms with Crippen molar-refractivity contribution in [3.8, 4) is 0 Å². The summed E-state index contributed by atoms with van der Waals surface area (Å²) in [5.41, 5.74) is 1.43. The molecule has 0 saturated carbocycles. The zero-order valence-corrected chi connectivity index (χ0v) is 11.6. The van der Waals surface area contributed by atoms with Gasteiger partial charge in [-0.1, -0.05) is 30.3 Å². The van der Waals surface area contributed by atoms with E-state index < -0.39 is 0 Å². The van der Waals surface area contributed by atoms with Crippen molar-refractivity contribution in [2.24, 2.45) is 0 Å². The van der Waals surface area contributed by atoms with Gasteiger partial charge in [-0.25, -0.2) is 9.13 Å². The second kappa shape index (κ2) is 5.85. The molecule has 2 heteroatoms. The van der Waals surface area contributed by atoms with E-state index in [0.29, 0.717) is 6.04 Å². The lowest BCUT2D eigenvalue weighted by Crippen LogP contribution is -2.36. The summed E-state index contributed by atoms with van der Waals surface area (Å²) in [6, 6.07) is 11.3. The molecule has 0 aliphatic carbocycles. The molecule has 0 atom stereocenters. The molecule has 0 fully saturated rings. The molecular formula is C16H23N2+. The summed E-state index contributed by atoms with van der Waals surface area (Å²) in [4.78, 5) is 0. The molecule has 0 N–H and O–H groups in total. The second-order valence-corrected chi connectivity index (χ2v) is 5.13. The van der Waals surface area contributed by atoms with E-state index in [1.165, 1.54) is 17.8 Å². The molecule has 0 bridgehead atoms. The van der Waals surface area contributed by atoms with E-state index in [0.717, 1.165) is 13.0 Å². The van der Waals surface area contributed by atoms with Gasteiger partial charge in [0.1, 0.15) is 12.4 Å². The van der Waals surface area contributed by atoms with Crippen LogP contribution in [0.1, 0.15) is 37.7 Å². The SMILES string of the molecule is Cc1n(C(C)C)cc[n+]1CCCc1ccccc1. The molecule has 0 radical (unpaired) electrons. The van der Waals surface area contributed by atoms with Crippen molar-refractivity contribution in [3.05, 3.63) is 54.1 Å². The van der Waals surface area contributed by atoms with Crippen molar-refractivity contribution in [2.75, 3.05) is 0 Å². The average molecular weight is 243 g/mol. The fourth-order valence-corrected chi connectivity index (χ4v) is 2.40. The first-order valence-corrected chi connectivity index (χ1v) is 6.79. The van der Waals surface area contributed by atoms with Crippen molar-refractivity contribution in [2.45, 2.75) is 46.2 Å². The normalized spacial score (nSPS) is 11.1. The molecule has 0 aliphatic rings. The number of benzene rings is 1. The predicted molar refractivity (Wildman–Crippen MR) is 74.5 cm³/mol. The maximum atomic E-state index is 2.35. The predicted octanol–water partition coefficient (Wildman–Crippen LogP) is 3.30. The molecule has 2 aromatic rings. The Labute approximate surface area is 110 Å². The molecule has 1 heterocycles. The van der Waals surface area contributed by atoms with Gasteiger partial charge in [-0.05, 0) is 32.3 Å². The van der Waals surface area contributed by atoms with Crippen LogP contribution in [-0.2, 0) is 13.0 Å². The third-order valence-corrected chi connectivity index (χ3v) is 3.46. The third kappa shape index (κ3) is 3.00. The fraction of sp³-hybridized carbons (Fsp3) is 0.438. The van der Waals surface area contributed by atoms with Gasteiger partial charge in [0.15, 0.2) is 0 Å². The lowest BCUT2D eigenvalue weighted by Gasteiger charge is -2.04. The van der Waals surface area contributed by atoms with Crippen LogP contribution in [0.15, 0.2) is 42.7 Å². The van der Waals surface area contributed by atoms with Gasteiger partial charge >= 0.3 is 0 Å². The van der Waals surface area contributed by atoms with Crippen molar-refractivity contribution in [1.29, 1.82) is 0 Å². The van der Waals surface area contributed by atoms with Crippen LogP contribution in [0.3, 0.4) is 0 Å². The van der Waals surface area contributed by atoms with Crippen molar-refractivity contribution < 1.29 is 4.57 Å². The molecule has 0 aliphatic heterocycles. The minimum atomic E-state index is 0.542. The van der Waals surface area contributed by atoms with Gasteiger partial charge in [0.05, 0.1) is 12.6 Å². The van der Waals surface area contributed by atoms with Crippen LogP contribution >= 0.6 is 0 Å². The monoisotopic (exact) mass is 243 g/mol. The Kier molecular flexibility index (Phi) is 4.19. The average Bonchev–Trinajstić information content (AvgIpc) is 2.73. The highest BCUT2D eigenvalue weighted by Crippen LogP contribution is 2.06. The summed E-state index contributed by atoms with van der Waals surface area (Å²) in [6.45, 7) is 7.74. The van der Waals surface area contributed by atoms with E-state index in [2.05, 4.69) is 72.6 Å². The summed E-state index contributed by atoms with van der Waals surface area (Å²) < 4.78 is 4.67. The molecular weight excluding hydrogens is 220 g/mol. The van der Waals surface area contributed by atoms with Crippen LogP contribution in [0.5, 0.6) is 0 Å². The van der Waals surface area contributed by atoms with E-state index in [-0.39, 0.29) is 0 Å². The Hall–Kier alpha value is -1.57. The molecule has 0 amide bonds. The van der Waals surface area contributed by atoms with Crippen LogP contribution in [0.4, 0.5) is 0 Å². The lowest BCUT2D eigenvalue weighted by atomic mass is 10.1. The third-order valence-electron chi connectivity index (χ3n) is 3.46. The van der Waals surface area contributed by atoms with E-state index in [1.807, 2.05) is 0 Å². The molecule has 1 aromatic heterocycles. The Bertz CT molecular complexity index is 483. The second-order valence-electron chi connectivity index (χ2n) is 5.13. The lowest BCUT2D eigenvalue weighted by molar-refractivity contribution is -0.702. The van der Waals surface area contributed by atoms with Gasteiger partial charge in [0.25, 0.3) is 5.82 Å². The minimum absolute atomic E-state index is 0.542. The Morgan fingerprint density at radius 3 is 2.50 bits per heavy atom. The fourth-order valence-electron chi connectivity index (χ4n) is 2.40. The van der Waals surface area contributed by atoms with Crippen molar-refractivity contribution in [3.63, 3.8) is 0 Å². The number of imidazole rings is 1. The van der Waals surface area contributed by atoms with Crippen molar-refractivity contribution >= 4 is 0 Å². The van der Waals surface area contributed by atoms with Crippen LogP contribution in [-0.4, -0.2) is 4.57 Å². The minimum Gasteiger partial charge on any atom is -0.234 e. The molecule has 0 spiro atoms. The summed E-state index contributed by atoms with van der Waals surface area (Å²) in [5, 5.41) is 0. The van der Waals surface area contributed by atoms with Crippen LogP contribution in [0.25, 0.3) is 0 Å². The summed E-state index contributed by atoms with van der Waals surface area (Å²) in [5.74, 6) is 1.35. The Morgan fingerprint density at radius 1 is 1.17 bits per heavy atom.